The van der Waals surface area contributed by atoms with Crippen LogP contribution in [-0.2, 0) is 9.59 Å². The fraction of sp³-hybridized carbons (Fsp3) is 0.846. The first-order valence-electron chi connectivity index (χ1n) is 6.54. The van der Waals surface area contributed by atoms with Crippen LogP contribution in [0.15, 0.2) is 0 Å². The Labute approximate surface area is 102 Å². The van der Waals surface area contributed by atoms with Gasteiger partial charge >= 0.3 is 5.97 Å². The molecule has 1 atom stereocenters. The summed E-state index contributed by atoms with van der Waals surface area (Å²) in [7, 11) is 0. The number of amides is 1. The van der Waals surface area contributed by atoms with Crippen molar-refractivity contribution in [2.24, 2.45) is 11.3 Å². The van der Waals surface area contributed by atoms with E-state index in [1.807, 2.05) is 6.92 Å². The van der Waals surface area contributed by atoms with Crippen LogP contribution in [0, 0.1) is 11.3 Å². The Morgan fingerprint density at radius 3 is 2.53 bits per heavy atom. The highest BCUT2D eigenvalue weighted by Gasteiger charge is 2.55. The number of aliphatic carboxylic acids is 1. The van der Waals surface area contributed by atoms with Crippen LogP contribution in [0.25, 0.3) is 0 Å². The van der Waals surface area contributed by atoms with E-state index >= 15 is 0 Å². The van der Waals surface area contributed by atoms with Crippen LogP contribution in [0.2, 0.25) is 0 Å². The standard InChI is InChI=1S/C13H21NO3/c1-3-10(11(15)16)14-8-13(12(14)17)6-4-9(2)5-7-13/h9-10H,3-8H2,1-2H3,(H,15,16)/t9?,10-,13?/m0/s1. The normalized spacial score (nSPS) is 34.6. The van der Waals surface area contributed by atoms with Crippen molar-refractivity contribution in [3.8, 4) is 0 Å². The molecular weight excluding hydrogens is 218 g/mol. The Morgan fingerprint density at radius 2 is 2.12 bits per heavy atom. The van der Waals surface area contributed by atoms with Crippen LogP contribution in [-0.4, -0.2) is 34.5 Å². The van der Waals surface area contributed by atoms with Crippen molar-refractivity contribution in [2.45, 2.75) is 52.0 Å². The molecule has 0 radical (unpaired) electrons. The van der Waals surface area contributed by atoms with Gasteiger partial charge in [-0.1, -0.05) is 13.8 Å². The molecule has 4 nitrogen and oxygen atoms in total. The molecular formula is C13H21NO3. The van der Waals surface area contributed by atoms with Gasteiger partial charge in [0.2, 0.25) is 5.91 Å². The molecule has 0 bridgehead atoms. The monoisotopic (exact) mass is 239 g/mol. The van der Waals surface area contributed by atoms with E-state index in [-0.39, 0.29) is 11.3 Å². The second-order valence-electron chi connectivity index (χ2n) is 5.66. The molecule has 0 aromatic carbocycles. The number of carbonyl (C=O) groups excluding carboxylic acids is 1. The molecule has 1 saturated heterocycles. The Balaban J connectivity index is 2.01. The Hall–Kier alpha value is -1.06. The van der Waals surface area contributed by atoms with E-state index in [4.69, 9.17) is 5.11 Å². The van der Waals surface area contributed by atoms with Gasteiger partial charge in [-0.3, -0.25) is 4.79 Å². The summed E-state index contributed by atoms with van der Waals surface area (Å²) in [5, 5.41) is 9.06. The summed E-state index contributed by atoms with van der Waals surface area (Å²) in [4.78, 5) is 24.8. The SMILES string of the molecule is CC[C@@H](C(=O)O)N1CC2(CCC(C)CC2)C1=O. The predicted molar refractivity (Wildman–Crippen MR) is 63.5 cm³/mol. The van der Waals surface area contributed by atoms with Gasteiger partial charge in [0.15, 0.2) is 0 Å². The zero-order valence-corrected chi connectivity index (χ0v) is 10.6. The Kier molecular flexibility index (Phi) is 3.15. The average molecular weight is 239 g/mol. The van der Waals surface area contributed by atoms with Crippen molar-refractivity contribution >= 4 is 11.9 Å². The molecule has 96 valence electrons. The van der Waals surface area contributed by atoms with Gasteiger partial charge in [-0.15, -0.1) is 0 Å². The number of carboxylic acids is 1. The van der Waals surface area contributed by atoms with E-state index in [1.54, 1.807) is 4.90 Å². The molecule has 2 rings (SSSR count). The summed E-state index contributed by atoms with van der Waals surface area (Å²) in [6, 6.07) is -0.618. The quantitative estimate of drug-likeness (QED) is 0.765. The third kappa shape index (κ3) is 1.94. The van der Waals surface area contributed by atoms with Crippen LogP contribution in [0.5, 0.6) is 0 Å². The van der Waals surface area contributed by atoms with Gasteiger partial charge in [0.05, 0.1) is 5.41 Å². The van der Waals surface area contributed by atoms with Crippen LogP contribution in [0.4, 0.5) is 0 Å². The molecule has 4 heteroatoms. The first kappa shape index (κ1) is 12.4. The highest BCUT2D eigenvalue weighted by Crippen LogP contribution is 2.47. The molecule has 0 aromatic heterocycles. The second-order valence-corrected chi connectivity index (χ2v) is 5.66. The highest BCUT2D eigenvalue weighted by atomic mass is 16.4. The van der Waals surface area contributed by atoms with Gasteiger partial charge in [-0.2, -0.15) is 0 Å². The molecule has 1 aliphatic carbocycles. The third-order valence-corrected chi connectivity index (χ3v) is 4.47. The van der Waals surface area contributed by atoms with Gasteiger partial charge in [0, 0.05) is 6.54 Å². The van der Waals surface area contributed by atoms with E-state index in [1.165, 1.54) is 0 Å². The van der Waals surface area contributed by atoms with Gasteiger partial charge in [0.25, 0.3) is 0 Å². The minimum Gasteiger partial charge on any atom is -0.480 e. The van der Waals surface area contributed by atoms with Crippen LogP contribution < -0.4 is 0 Å². The van der Waals surface area contributed by atoms with Crippen molar-refractivity contribution in [2.75, 3.05) is 6.54 Å². The molecule has 1 aliphatic heterocycles. The lowest BCUT2D eigenvalue weighted by Crippen LogP contribution is -2.66. The molecule has 2 fully saturated rings. The Morgan fingerprint density at radius 1 is 1.53 bits per heavy atom. The topological polar surface area (TPSA) is 57.6 Å². The Bertz CT molecular complexity index is 332. The lowest BCUT2D eigenvalue weighted by Gasteiger charge is -2.53. The van der Waals surface area contributed by atoms with Gasteiger partial charge in [-0.05, 0) is 38.0 Å². The minimum absolute atomic E-state index is 0.0821. The van der Waals surface area contributed by atoms with Crippen LogP contribution in [0.1, 0.15) is 46.0 Å². The highest BCUT2D eigenvalue weighted by molar-refractivity contribution is 5.92. The summed E-state index contributed by atoms with van der Waals surface area (Å²) in [5.74, 6) is -0.0811. The maximum Gasteiger partial charge on any atom is 0.326 e. The number of rotatable bonds is 3. The summed E-state index contributed by atoms with van der Waals surface area (Å²) < 4.78 is 0. The molecule has 17 heavy (non-hydrogen) atoms. The fourth-order valence-corrected chi connectivity index (χ4v) is 3.15. The third-order valence-electron chi connectivity index (χ3n) is 4.47. The van der Waals surface area contributed by atoms with Crippen molar-refractivity contribution in [3.05, 3.63) is 0 Å². The van der Waals surface area contributed by atoms with Gasteiger partial charge in [0.1, 0.15) is 6.04 Å². The van der Waals surface area contributed by atoms with E-state index in [0.717, 1.165) is 25.7 Å². The first-order valence-corrected chi connectivity index (χ1v) is 6.54. The van der Waals surface area contributed by atoms with Crippen molar-refractivity contribution in [1.29, 1.82) is 0 Å². The van der Waals surface area contributed by atoms with Crippen LogP contribution in [0.3, 0.4) is 0 Å². The minimum atomic E-state index is -0.875. The lowest BCUT2D eigenvalue weighted by atomic mass is 9.65. The molecule has 0 unspecified atom stereocenters. The number of likely N-dealkylation sites (tertiary alicyclic amines) is 1. The van der Waals surface area contributed by atoms with Gasteiger partial charge in [-0.25, -0.2) is 4.79 Å². The number of hydrogen-bond acceptors (Lipinski definition) is 2. The molecule has 1 heterocycles. The molecule has 1 spiro atoms. The molecule has 0 aromatic rings. The predicted octanol–water partition coefficient (Wildman–Crippen LogP) is 1.89. The summed E-state index contributed by atoms with van der Waals surface area (Å²) >= 11 is 0. The lowest BCUT2D eigenvalue weighted by molar-refractivity contribution is -0.175. The number of hydrogen-bond donors (Lipinski definition) is 1. The molecule has 1 amide bonds. The molecule has 2 aliphatic rings. The van der Waals surface area contributed by atoms with E-state index < -0.39 is 12.0 Å². The maximum absolute atomic E-state index is 12.2. The zero-order chi connectivity index (χ0) is 12.6. The molecule has 1 saturated carbocycles. The van der Waals surface area contributed by atoms with E-state index in [0.29, 0.717) is 18.9 Å². The second kappa shape index (κ2) is 4.31. The van der Waals surface area contributed by atoms with Crippen LogP contribution >= 0.6 is 0 Å². The number of carboxylic acid groups (broad SMARTS) is 1. The number of β-lactam (4-membered cyclic amide) rings is 1. The first-order chi connectivity index (χ1) is 8.00. The van der Waals surface area contributed by atoms with Gasteiger partial charge < -0.3 is 10.0 Å². The fourth-order valence-electron chi connectivity index (χ4n) is 3.15. The largest absolute Gasteiger partial charge is 0.480 e. The average Bonchev–Trinajstić information content (AvgIpc) is 2.30. The molecule has 1 N–H and O–H groups in total. The van der Waals surface area contributed by atoms with Crippen molar-refractivity contribution < 1.29 is 14.7 Å². The smallest absolute Gasteiger partial charge is 0.326 e. The van der Waals surface area contributed by atoms with Crippen molar-refractivity contribution in [1.82, 2.24) is 4.90 Å². The number of carbonyl (C=O) groups is 2. The zero-order valence-electron chi connectivity index (χ0n) is 10.6. The summed E-state index contributed by atoms with van der Waals surface area (Å²) in [6.45, 7) is 4.70. The van der Waals surface area contributed by atoms with Crippen molar-refractivity contribution in [3.63, 3.8) is 0 Å². The summed E-state index contributed by atoms with van der Waals surface area (Å²) in [5.41, 5.74) is -0.199. The van der Waals surface area contributed by atoms with E-state index in [9.17, 15) is 9.59 Å². The maximum atomic E-state index is 12.2. The summed E-state index contributed by atoms with van der Waals surface area (Å²) in [6.07, 6.45) is 4.58. The van der Waals surface area contributed by atoms with E-state index in [2.05, 4.69) is 6.92 Å². The number of nitrogens with zero attached hydrogens (tertiary/aromatic N) is 1.